The van der Waals surface area contributed by atoms with Crippen LogP contribution in [0.2, 0.25) is 0 Å². The Morgan fingerprint density at radius 1 is 1.06 bits per heavy atom. The smallest absolute Gasteiger partial charge is 0.204 e. The van der Waals surface area contributed by atoms with Crippen molar-refractivity contribution in [2.75, 3.05) is 26.8 Å². The minimum Gasteiger partial charge on any atom is -0.493 e. The number of nitrogens with one attached hydrogen (secondary N) is 1. The van der Waals surface area contributed by atoms with Gasteiger partial charge in [0.05, 0.1) is 26.8 Å². The van der Waals surface area contributed by atoms with Gasteiger partial charge in [-0.15, -0.1) is 0 Å². The van der Waals surface area contributed by atoms with Crippen LogP contribution in [0, 0.1) is 0 Å². The first-order valence-corrected chi connectivity index (χ1v) is 5.31. The van der Waals surface area contributed by atoms with Crippen LogP contribution in [0.25, 0.3) is 10.9 Å². The zero-order valence-electron chi connectivity index (χ0n) is 10.5. The molecular weight excluding hydrogens is 234 g/mol. The van der Waals surface area contributed by atoms with Gasteiger partial charge in [0, 0.05) is 11.5 Å². The van der Waals surface area contributed by atoms with Gasteiger partial charge in [-0.2, -0.15) is 0 Å². The molecule has 0 amide bonds. The number of pyridine rings is 1. The number of nitrogens with two attached hydrogens (primary N) is 1. The molecule has 18 heavy (non-hydrogen) atoms. The van der Waals surface area contributed by atoms with E-state index in [1.54, 1.807) is 33.5 Å². The second-order valence-corrected chi connectivity index (χ2v) is 3.55. The molecule has 0 aliphatic rings. The number of methoxy groups -OCH3 is 3. The van der Waals surface area contributed by atoms with Crippen LogP contribution in [0.3, 0.4) is 0 Å². The summed E-state index contributed by atoms with van der Waals surface area (Å²) < 4.78 is 15.9. The molecule has 0 aliphatic carbocycles. The van der Waals surface area contributed by atoms with Crippen molar-refractivity contribution >= 4 is 16.7 Å². The second kappa shape index (κ2) is 4.97. The fraction of sp³-hybridized carbons (Fsp3) is 0.250. The highest BCUT2D eigenvalue weighted by Gasteiger charge is 2.16. The number of anilines is 1. The quantitative estimate of drug-likeness (QED) is 0.632. The number of benzene rings is 1. The van der Waals surface area contributed by atoms with E-state index in [0.717, 1.165) is 5.39 Å². The van der Waals surface area contributed by atoms with E-state index in [9.17, 15) is 0 Å². The molecule has 0 atom stereocenters. The van der Waals surface area contributed by atoms with Gasteiger partial charge in [0.2, 0.25) is 5.75 Å². The zero-order valence-corrected chi connectivity index (χ0v) is 10.5. The number of nitrogens with zero attached hydrogens (tertiary/aromatic N) is 1. The highest BCUT2D eigenvalue weighted by atomic mass is 16.5. The van der Waals surface area contributed by atoms with Crippen LogP contribution in [-0.4, -0.2) is 26.3 Å². The summed E-state index contributed by atoms with van der Waals surface area (Å²) >= 11 is 0. The highest BCUT2D eigenvalue weighted by Crippen LogP contribution is 2.42. The summed E-state index contributed by atoms with van der Waals surface area (Å²) in [7, 11) is 4.70. The third kappa shape index (κ3) is 1.86. The lowest BCUT2D eigenvalue weighted by Crippen LogP contribution is -2.08. The van der Waals surface area contributed by atoms with Gasteiger partial charge in [-0.1, -0.05) is 0 Å². The SMILES string of the molecule is COc1cc2nc(NN)ccc2c(OC)c1OC. The van der Waals surface area contributed by atoms with E-state index in [1.165, 1.54) is 0 Å². The van der Waals surface area contributed by atoms with Crippen molar-refractivity contribution in [1.82, 2.24) is 4.98 Å². The molecule has 6 nitrogen and oxygen atoms in total. The fourth-order valence-electron chi connectivity index (χ4n) is 1.83. The summed E-state index contributed by atoms with van der Waals surface area (Å²) in [5.74, 6) is 7.59. The molecule has 2 rings (SSSR count). The number of fused-ring (bicyclic) bond motifs is 1. The van der Waals surface area contributed by atoms with Crippen LogP contribution in [0.15, 0.2) is 18.2 Å². The lowest BCUT2D eigenvalue weighted by Gasteiger charge is -2.14. The average molecular weight is 249 g/mol. The molecular formula is C12H15N3O3. The van der Waals surface area contributed by atoms with Crippen LogP contribution >= 0.6 is 0 Å². The predicted molar refractivity (Wildman–Crippen MR) is 69.2 cm³/mol. The number of hydrazine groups is 1. The molecule has 0 aliphatic heterocycles. The van der Waals surface area contributed by atoms with Crippen molar-refractivity contribution in [3.05, 3.63) is 18.2 Å². The molecule has 0 fully saturated rings. The summed E-state index contributed by atoms with van der Waals surface area (Å²) in [6.07, 6.45) is 0. The number of hydrogen-bond donors (Lipinski definition) is 2. The average Bonchev–Trinajstić information content (AvgIpc) is 2.44. The fourth-order valence-corrected chi connectivity index (χ4v) is 1.83. The highest BCUT2D eigenvalue weighted by molar-refractivity contribution is 5.91. The molecule has 3 N–H and O–H groups in total. The van der Waals surface area contributed by atoms with Crippen molar-refractivity contribution in [2.24, 2.45) is 5.84 Å². The Morgan fingerprint density at radius 3 is 2.33 bits per heavy atom. The van der Waals surface area contributed by atoms with E-state index in [2.05, 4.69) is 10.4 Å². The topological polar surface area (TPSA) is 78.6 Å². The van der Waals surface area contributed by atoms with Crippen LogP contribution in [0.5, 0.6) is 17.2 Å². The maximum atomic E-state index is 5.37. The van der Waals surface area contributed by atoms with Gasteiger partial charge in [0.1, 0.15) is 5.82 Å². The molecule has 0 radical (unpaired) electrons. The van der Waals surface area contributed by atoms with Crippen LogP contribution in [0.4, 0.5) is 5.82 Å². The van der Waals surface area contributed by atoms with Gasteiger partial charge in [-0.25, -0.2) is 10.8 Å². The van der Waals surface area contributed by atoms with Crippen molar-refractivity contribution < 1.29 is 14.2 Å². The van der Waals surface area contributed by atoms with E-state index in [-0.39, 0.29) is 0 Å². The summed E-state index contributed by atoms with van der Waals surface area (Å²) in [6, 6.07) is 5.40. The van der Waals surface area contributed by atoms with Gasteiger partial charge in [-0.3, -0.25) is 0 Å². The Balaban J connectivity index is 2.78. The largest absolute Gasteiger partial charge is 0.493 e. The zero-order chi connectivity index (χ0) is 13.1. The third-order valence-electron chi connectivity index (χ3n) is 2.64. The molecule has 0 bridgehead atoms. The summed E-state index contributed by atoms with van der Waals surface area (Å²) in [5, 5.41) is 0.828. The molecule has 1 aromatic heterocycles. The van der Waals surface area contributed by atoms with E-state index in [4.69, 9.17) is 20.1 Å². The van der Waals surface area contributed by atoms with E-state index in [1.807, 2.05) is 6.07 Å². The first-order chi connectivity index (χ1) is 8.74. The molecule has 96 valence electrons. The summed E-state index contributed by atoms with van der Waals surface area (Å²) in [6.45, 7) is 0. The molecule has 2 aromatic rings. The molecule has 0 unspecified atom stereocenters. The van der Waals surface area contributed by atoms with Crippen LogP contribution in [-0.2, 0) is 0 Å². The first kappa shape index (κ1) is 12.3. The molecule has 0 spiro atoms. The monoisotopic (exact) mass is 249 g/mol. The summed E-state index contributed by atoms with van der Waals surface area (Å²) in [4.78, 5) is 4.33. The van der Waals surface area contributed by atoms with Gasteiger partial charge in [-0.05, 0) is 12.1 Å². The van der Waals surface area contributed by atoms with Crippen molar-refractivity contribution in [1.29, 1.82) is 0 Å². The minimum absolute atomic E-state index is 0.544. The van der Waals surface area contributed by atoms with Crippen molar-refractivity contribution in [3.8, 4) is 17.2 Å². The van der Waals surface area contributed by atoms with Gasteiger partial charge < -0.3 is 19.6 Å². The lowest BCUT2D eigenvalue weighted by atomic mass is 10.1. The predicted octanol–water partition coefficient (Wildman–Crippen LogP) is 1.55. The number of rotatable bonds is 4. The Bertz CT molecular complexity index is 572. The maximum Gasteiger partial charge on any atom is 0.204 e. The third-order valence-corrected chi connectivity index (χ3v) is 2.64. The minimum atomic E-state index is 0.544. The molecule has 0 saturated heterocycles. The first-order valence-electron chi connectivity index (χ1n) is 5.31. The van der Waals surface area contributed by atoms with Crippen LogP contribution in [0.1, 0.15) is 0 Å². The summed E-state index contributed by atoms with van der Waals surface area (Å²) in [5.41, 5.74) is 3.21. The van der Waals surface area contributed by atoms with Crippen molar-refractivity contribution in [2.45, 2.75) is 0 Å². The van der Waals surface area contributed by atoms with Crippen LogP contribution < -0.4 is 25.5 Å². The van der Waals surface area contributed by atoms with Gasteiger partial charge in [0.25, 0.3) is 0 Å². The van der Waals surface area contributed by atoms with E-state index < -0.39 is 0 Å². The van der Waals surface area contributed by atoms with E-state index >= 15 is 0 Å². The molecule has 1 aromatic carbocycles. The molecule has 0 saturated carbocycles. The Hall–Kier alpha value is -2.21. The number of hydrogen-bond acceptors (Lipinski definition) is 6. The molecule has 1 heterocycles. The van der Waals surface area contributed by atoms with Gasteiger partial charge in [0.15, 0.2) is 11.5 Å². The van der Waals surface area contributed by atoms with E-state index in [0.29, 0.717) is 28.6 Å². The number of ether oxygens (including phenoxy) is 3. The van der Waals surface area contributed by atoms with Crippen molar-refractivity contribution in [3.63, 3.8) is 0 Å². The normalized spacial score (nSPS) is 10.2. The standard InChI is InChI=1S/C12H15N3O3/c1-16-9-6-8-7(4-5-10(14-8)15-13)11(17-2)12(9)18-3/h4-6H,13H2,1-3H3,(H,14,15). The number of aromatic nitrogens is 1. The Morgan fingerprint density at radius 2 is 1.78 bits per heavy atom. The Kier molecular flexibility index (Phi) is 3.38. The Labute approximate surface area is 105 Å². The lowest BCUT2D eigenvalue weighted by molar-refractivity contribution is 0.327. The second-order valence-electron chi connectivity index (χ2n) is 3.55. The number of nitrogen functional groups attached to an aromatic ring is 1. The maximum absolute atomic E-state index is 5.37. The molecule has 6 heteroatoms. The van der Waals surface area contributed by atoms with Gasteiger partial charge >= 0.3 is 0 Å².